The Balaban J connectivity index is 2.56. The van der Waals surface area contributed by atoms with E-state index in [9.17, 15) is 4.79 Å². The van der Waals surface area contributed by atoms with Crippen LogP contribution in [0.25, 0.3) is 5.65 Å². The lowest BCUT2D eigenvalue weighted by molar-refractivity contribution is 0.0593. The molecule has 0 aliphatic rings. The molecule has 0 aliphatic carbocycles. The number of esters is 1. The Labute approximate surface area is 87.8 Å². The quantitative estimate of drug-likeness (QED) is 0.721. The molecule has 5 nitrogen and oxygen atoms in total. The van der Waals surface area contributed by atoms with E-state index in [0.29, 0.717) is 5.65 Å². The van der Waals surface area contributed by atoms with Crippen molar-refractivity contribution in [2.75, 3.05) is 7.11 Å². The molecule has 0 aliphatic heterocycles. The van der Waals surface area contributed by atoms with Gasteiger partial charge in [0.05, 0.1) is 11.6 Å². The van der Waals surface area contributed by atoms with Crippen LogP contribution in [0.2, 0.25) is 0 Å². The summed E-state index contributed by atoms with van der Waals surface area (Å²) in [5.41, 5.74) is 0.853. The summed E-state index contributed by atoms with van der Waals surface area (Å²) in [7, 11) is 1.32. The monoisotopic (exact) mass is 255 g/mol. The van der Waals surface area contributed by atoms with Crippen LogP contribution in [-0.4, -0.2) is 27.7 Å². The summed E-state index contributed by atoms with van der Waals surface area (Å²) in [6, 6.07) is 1.57. The molecule has 2 heterocycles. The van der Waals surface area contributed by atoms with Crippen molar-refractivity contribution in [1.29, 1.82) is 0 Å². The molecule has 0 N–H and O–H groups in total. The molecule has 2 aromatic rings. The van der Waals surface area contributed by atoms with Crippen LogP contribution in [-0.2, 0) is 4.74 Å². The van der Waals surface area contributed by atoms with Crippen molar-refractivity contribution in [1.82, 2.24) is 14.6 Å². The van der Waals surface area contributed by atoms with E-state index < -0.39 is 5.97 Å². The molecule has 0 aromatic carbocycles. The molecule has 14 heavy (non-hydrogen) atoms. The number of ether oxygens (including phenoxy) is 1. The number of fused-ring (bicyclic) bond motifs is 1. The molecule has 6 heteroatoms. The van der Waals surface area contributed by atoms with Crippen molar-refractivity contribution >= 4 is 27.5 Å². The van der Waals surface area contributed by atoms with Gasteiger partial charge in [0.15, 0.2) is 11.3 Å². The SMILES string of the molecule is COC(=O)c1cc2ncc(Br)cn2n1. The van der Waals surface area contributed by atoms with Gasteiger partial charge in [0.25, 0.3) is 0 Å². The second-order valence-electron chi connectivity index (χ2n) is 2.60. The van der Waals surface area contributed by atoms with Crippen molar-refractivity contribution in [3.8, 4) is 0 Å². The fraction of sp³-hybridized carbons (Fsp3) is 0.125. The van der Waals surface area contributed by atoms with Gasteiger partial charge in [-0.25, -0.2) is 14.3 Å². The van der Waals surface area contributed by atoms with Crippen molar-refractivity contribution in [3.63, 3.8) is 0 Å². The summed E-state index contributed by atoms with van der Waals surface area (Å²) >= 11 is 3.26. The highest BCUT2D eigenvalue weighted by Gasteiger charge is 2.10. The Kier molecular flexibility index (Phi) is 2.20. The van der Waals surface area contributed by atoms with Crippen LogP contribution >= 0.6 is 15.9 Å². The first-order valence-corrected chi connectivity index (χ1v) is 4.59. The number of hydrogen-bond donors (Lipinski definition) is 0. The maximum Gasteiger partial charge on any atom is 0.358 e. The molecule has 0 amide bonds. The van der Waals surface area contributed by atoms with Gasteiger partial charge in [0, 0.05) is 18.5 Å². The first kappa shape index (κ1) is 9.14. The van der Waals surface area contributed by atoms with Crippen LogP contribution in [0, 0.1) is 0 Å². The molecule has 0 unspecified atom stereocenters. The summed E-state index contributed by atoms with van der Waals surface area (Å²) in [4.78, 5) is 15.2. The molecule has 2 rings (SSSR count). The van der Waals surface area contributed by atoms with Crippen molar-refractivity contribution in [2.45, 2.75) is 0 Å². The van der Waals surface area contributed by atoms with Crippen LogP contribution in [0.15, 0.2) is 22.9 Å². The van der Waals surface area contributed by atoms with Crippen molar-refractivity contribution < 1.29 is 9.53 Å². The van der Waals surface area contributed by atoms with E-state index in [0.717, 1.165) is 4.47 Å². The van der Waals surface area contributed by atoms with Crippen LogP contribution in [0.5, 0.6) is 0 Å². The third-order valence-corrected chi connectivity index (χ3v) is 2.09. The van der Waals surface area contributed by atoms with E-state index >= 15 is 0 Å². The van der Waals surface area contributed by atoms with E-state index in [4.69, 9.17) is 0 Å². The van der Waals surface area contributed by atoms with E-state index in [2.05, 4.69) is 30.7 Å². The summed E-state index contributed by atoms with van der Waals surface area (Å²) in [6.07, 6.45) is 3.35. The second-order valence-corrected chi connectivity index (χ2v) is 3.51. The molecule has 0 spiro atoms. The van der Waals surface area contributed by atoms with Crippen molar-refractivity contribution in [2.24, 2.45) is 0 Å². The highest BCUT2D eigenvalue weighted by atomic mass is 79.9. The number of nitrogens with zero attached hydrogens (tertiary/aromatic N) is 3. The van der Waals surface area contributed by atoms with Gasteiger partial charge in [-0.2, -0.15) is 5.10 Å². The molecule has 0 radical (unpaired) electrons. The lowest BCUT2D eigenvalue weighted by Crippen LogP contribution is -2.01. The maximum absolute atomic E-state index is 11.1. The van der Waals surface area contributed by atoms with Gasteiger partial charge in [0.1, 0.15) is 0 Å². The van der Waals surface area contributed by atoms with Gasteiger partial charge in [0.2, 0.25) is 0 Å². The Morgan fingerprint density at radius 1 is 1.64 bits per heavy atom. The number of hydrogen-bond acceptors (Lipinski definition) is 4. The van der Waals surface area contributed by atoms with Crippen LogP contribution in [0.3, 0.4) is 0 Å². The zero-order valence-electron chi connectivity index (χ0n) is 7.27. The van der Waals surface area contributed by atoms with Gasteiger partial charge in [-0.05, 0) is 15.9 Å². The van der Waals surface area contributed by atoms with Gasteiger partial charge in [-0.1, -0.05) is 0 Å². The normalized spacial score (nSPS) is 10.4. The number of aromatic nitrogens is 3. The smallest absolute Gasteiger partial charge is 0.358 e. The average molecular weight is 256 g/mol. The zero-order valence-corrected chi connectivity index (χ0v) is 8.85. The third-order valence-electron chi connectivity index (χ3n) is 1.68. The highest BCUT2D eigenvalue weighted by molar-refractivity contribution is 9.10. The number of carbonyl (C=O) groups excluding carboxylic acids is 1. The minimum absolute atomic E-state index is 0.248. The molecule has 0 saturated heterocycles. The predicted molar refractivity (Wildman–Crippen MR) is 52.0 cm³/mol. The summed E-state index contributed by atoms with van der Waals surface area (Å²) in [5.74, 6) is -0.466. The fourth-order valence-electron chi connectivity index (χ4n) is 1.06. The zero-order chi connectivity index (χ0) is 10.1. The summed E-state index contributed by atoms with van der Waals surface area (Å²) in [6.45, 7) is 0. The molecule has 72 valence electrons. The second kappa shape index (κ2) is 3.38. The number of rotatable bonds is 1. The van der Waals surface area contributed by atoms with Gasteiger partial charge < -0.3 is 4.74 Å². The maximum atomic E-state index is 11.1. The van der Waals surface area contributed by atoms with E-state index in [-0.39, 0.29) is 5.69 Å². The highest BCUT2D eigenvalue weighted by Crippen LogP contribution is 2.10. The van der Waals surface area contributed by atoms with E-state index in [1.54, 1.807) is 18.5 Å². The molecule has 0 atom stereocenters. The summed E-state index contributed by atoms with van der Waals surface area (Å²) in [5, 5.41) is 3.99. The minimum Gasteiger partial charge on any atom is -0.464 e. The molecule has 2 aromatic heterocycles. The van der Waals surface area contributed by atoms with Crippen LogP contribution in [0.4, 0.5) is 0 Å². The Morgan fingerprint density at radius 3 is 3.14 bits per heavy atom. The van der Waals surface area contributed by atoms with E-state index in [1.807, 2.05) is 0 Å². The van der Waals surface area contributed by atoms with Crippen LogP contribution < -0.4 is 0 Å². The molecule has 0 bridgehead atoms. The van der Waals surface area contributed by atoms with Gasteiger partial charge in [-0.3, -0.25) is 0 Å². The van der Waals surface area contributed by atoms with Crippen LogP contribution in [0.1, 0.15) is 10.5 Å². The summed E-state index contributed by atoms with van der Waals surface area (Å²) < 4.78 is 6.85. The Morgan fingerprint density at radius 2 is 2.43 bits per heavy atom. The first-order chi connectivity index (χ1) is 6.70. The largest absolute Gasteiger partial charge is 0.464 e. The topological polar surface area (TPSA) is 56.5 Å². The molecular formula is C8H6BrN3O2. The lowest BCUT2D eigenvalue weighted by atomic mass is 10.4. The average Bonchev–Trinajstić information content (AvgIpc) is 2.59. The van der Waals surface area contributed by atoms with Crippen molar-refractivity contribution in [3.05, 3.63) is 28.6 Å². The van der Waals surface area contributed by atoms with Gasteiger partial charge >= 0.3 is 5.97 Å². The third kappa shape index (κ3) is 1.48. The standard InChI is InChI=1S/C8H6BrN3O2/c1-14-8(13)6-2-7-10-3-5(9)4-12(7)11-6/h2-4H,1H3. The first-order valence-electron chi connectivity index (χ1n) is 3.80. The number of methoxy groups -OCH3 is 1. The number of carbonyl (C=O) groups is 1. The number of halogens is 1. The Bertz CT molecular complexity index is 494. The fourth-order valence-corrected chi connectivity index (χ4v) is 1.35. The lowest BCUT2D eigenvalue weighted by Gasteiger charge is -1.91. The Hall–Kier alpha value is -1.43. The molecular weight excluding hydrogens is 250 g/mol. The van der Waals surface area contributed by atoms with Gasteiger partial charge in [-0.15, -0.1) is 0 Å². The minimum atomic E-state index is -0.466. The van der Waals surface area contributed by atoms with E-state index in [1.165, 1.54) is 11.6 Å². The molecule has 0 fully saturated rings. The predicted octanol–water partition coefficient (Wildman–Crippen LogP) is 1.28. The molecule has 0 saturated carbocycles.